The minimum absolute atomic E-state index is 0. The summed E-state index contributed by atoms with van der Waals surface area (Å²) in [7, 11) is 4.08. The maximum Gasteiger partial charge on any atom is 0.164 e. The number of fused-ring (bicyclic) bond motifs is 2. The summed E-state index contributed by atoms with van der Waals surface area (Å²) < 4.78 is 26.1. The van der Waals surface area contributed by atoms with E-state index in [4.69, 9.17) is 21.1 Å². The van der Waals surface area contributed by atoms with E-state index in [1.54, 1.807) is 30.6 Å². The van der Waals surface area contributed by atoms with E-state index in [1.807, 2.05) is 18.2 Å². The van der Waals surface area contributed by atoms with Crippen LogP contribution in [0.25, 0.3) is 22.1 Å². The molecule has 3 aromatic heterocycles. The largest absolute Gasteiger partial charge is 0.493 e. The zero-order chi connectivity index (χ0) is 23.4. The number of pyridine rings is 1. The van der Waals surface area contributed by atoms with Gasteiger partial charge < -0.3 is 24.4 Å². The second kappa shape index (κ2) is 13.1. The van der Waals surface area contributed by atoms with Gasteiger partial charge in [0.25, 0.3) is 0 Å². The van der Waals surface area contributed by atoms with Crippen molar-refractivity contribution in [3.05, 3.63) is 82.6 Å². The van der Waals surface area contributed by atoms with Gasteiger partial charge in [-0.1, -0.05) is 61.0 Å². The summed E-state index contributed by atoms with van der Waals surface area (Å²) in [6.45, 7) is 0.129. The first-order valence-corrected chi connectivity index (χ1v) is 11.8. The first kappa shape index (κ1) is 28.9. The van der Waals surface area contributed by atoms with Crippen LogP contribution in [0.15, 0.2) is 54.9 Å². The van der Waals surface area contributed by atoms with Gasteiger partial charge in [0.05, 0.1) is 18.1 Å². The van der Waals surface area contributed by atoms with Gasteiger partial charge in [-0.2, -0.15) is 0 Å². The molecule has 6 nitrogen and oxygen atoms in total. The Morgan fingerprint density at radius 3 is 2.71 bits per heavy atom. The molecule has 0 aliphatic carbocycles. The number of halogens is 2. The number of nitrogens with one attached hydrogen (secondary N) is 1. The number of benzene rings is 2. The minimum atomic E-state index is -0.384. The third kappa shape index (κ3) is 6.46. The fraction of sp³-hybridized carbons (Fsp3) is 0.167. The molecule has 35 heavy (non-hydrogen) atoms. The molecule has 0 radical (unpaired) electrons. The molecular weight excluding hydrogens is 542 g/mol. The molecule has 5 aromatic rings. The second-order valence-corrected chi connectivity index (χ2v) is 7.50. The van der Waals surface area contributed by atoms with Gasteiger partial charge in [0.1, 0.15) is 18.2 Å². The van der Waals surface area contributed by atoms with Gasteiger partial charge in [0.2, 0.25) is 0 Å². The van der Waals surface area contributed by atoms with E-state index in [0.717, 1.165) is 22.0 Å². The summed E-state index contributed by atoms with van der Waals surface area (Å²) in [5, 5.41) is 1.53. The minimum Gasteiger partial charge on any atom is -0.493 e. The topological polar surface area (TPSA) is 74.1 Å². The molecule has 0 fully saturated rings. The Hall–Kier alpha value is -2.35. The van der Waals surface area contributed by atoms with Gasteiger partial charge in [-0.05, 0) is 48.8 Å². The van der Waals surface area contributed by atoms with Gasteiger partial charge in [-0.3, -0.25) is 0 Å². The van der Waals surface area contributed by atoms with Crippen molar-refractivity contribution in [3.8, 4) is 11.5 Å². The number of hydrogen-bond donors (Lipinski definition) is 1. The van der Waals surface area contributed by atoms with E-state index < -0.39 is 0 Å². The van der Waals surface area contributed by atoms with Gasteiger partial charge in [0, 0.05) is 39.2 Å². The fourth-order valence-electron chi connectivity index (χ4n) is 3.54. The van der Waals surface area contributed by atoms with Crippen molar-refractivity contribution >= 4 is 53.5 Å². The van der Waals surface area contributed by atoms with Crippen LogP contribution in [0.4, 0.5) is 4.39 Å². The van der Waals surface area contributed by atoms with E-state index in [0.29, 0.717) is 40.0 Å². The maximum atomic E-state index is 14.9. The number of imidazole rings is 1. The van der Waals surface area contributed by atoms with Crippen molar-refractivity contribution in [3.63, 3.8) is 0 Å². The number of aromatic amines is 1. The Bertz CT molecular complexity index is 1430. The van der Waals surface area contributed by atoms with Crippen LogP contribution in [-0.2, 0) is 46.6 Å². The number of rotatable bonds is 6. The van der Waals surface area contributed by atoms with Crippen LogP contribution < -0.4 is 14.5 Å². The Labute approximate surface area is 229 Å². The van der Waals surface area contributed by atoms with Crippen LogP contribution in [0.1, 0.15) is 24.4 Å². The predicted molar refractivity (Wildman–Crippen MR) is 139 cm³/mol. The molecule has 0 atom stereocenters. The van der Waals surface area contributed by atoms with E-state index in [-0.39, 0.29) is 41.6 Å². The normalized spacial score (nSPS) is 10.1. The maximum absolute atomic E-state index is 14.9. The number of nitrogens with zero attached hydrogens (tertiary/aromatic N) is 3. The first-order valence-electron chi connectivity index (χ1n) is 9.80. The molecule has 0 bridgehead atoms. The molecule has 0 amide bonds. The molecule has 1 N–H and O–H groups in total. The molecule has 5 rings (SSSR count). The van der Waals surface area contributed by atoms with Crippen LogP contribution in [-0.4, -0.2) is 22.1 Å². The third-order valence-electron chi connectivity index (χ3n) is 5.05. The summed E-state index contributed by atoms with van der Waals surface area (Å²) in [6.07, 6.45) is 3.78. The van der Waals surface area contributed by atoms with Crippen LogP contribution in [0.3, 0.4) is 0 Å². The summed E-state index contributed by atoms with van der Waals surface area (Å²) in [5.74, 6) is 0.961. The van der Waals surface area contributed by atoms with E-state index in [2.05, 4.69) is 39.8 Å². The summed E-state index contributed by atoms with van der Waals surface area (Å²) in [4.78, 5) is 16.1. The first-order chi connectivity index (χ1) is 16.1. The van der Waals surface area contributed by atoms with Crippen LogP contribution >= 0.6 is 19.6 Å². The van der Waals surface area contributed by atoms with Crippen molar-refractivity contribution in [1.29, 1.82) is 0 Å². The molecule has 180 valence electrons. The molecule has 0 saturated heterocycles. The van der Waals surface area contributed by atoms with Gasteiger partial charge in [-0.15, -0.1) is 0 Å². The van der Waals surface area contributed by atoms with Crippen molar-refractivity contribution < 1.29 is 35.6 Å². The molecule has 0 aliphatic heterocycles. The molecule has 0 unspecified atom stereocenters. The Balaban J connectivity index is 0.00000105. The van der Waals surface area contributed by atoms with Gasteiger partial charge in [-0.25, -0.2) is 9.37 Å². The molecule has 0 spiro atoms. The quantitative estimate of drug-likeness (QED) is 0.194. The molecule has 0 aliphatic rings. The number of H-pyrrole nitrogens is 1. The second-order valence-electron chi connectivity index (χ2n) is 7.06. The molecule has 2 aromatic carbocycles. The Morgan fingerprint density at radius 2 is 1.94 bits per heavy atom. The summed E-state index contributed by atoms with van der Waals surface area (Å²) in [5.41, 5.74) is 3.63. The SMILES string of the molecule is C.COc1cc(Cc2c[n-]c3ncccc23)c(F)cc1OCc1nc2ccc(Cl)cc2[nH]1.P=S.[Ti]. The molecular formula is C24H22ClFN4O2PSTi-. The summed E-state index contributed by atoms with van der Waals surface area (Å²) in [6, 6.07) is 12.1. The zero-order valence-electron chi connectivity index (χ0n) is 17.9. The monoisotopic (exact) mass is 563 g/mol. The van der Waals surface area contributed by atoms with E-state index >= 15 is 0 Å². The van der Waals surface area contributed by atoms with Gasteiger partial charge >= 0.3 is 0 Å². The predicted octanol–water partition coefficient (Wildman–Crippen LogP) is 6.26. The third-order valence-corrected chi connectivity index (χ3v) is 5.28. The van der Waals surface area contributed by atoms with E-state index in [1.165, 1.54) is 13.2 Å². The van der Waals surface area contributed by atoms with Crippen molar-refractivity contribution in [2.45, 2.75) is 20.5 Å². The standard InChI is InChI=1S/C23H17ClFN4O2.CH4.HPS.Ti/c1-30-20-8-13(7-14-11-27-23-16(14)3-2-6-26-23)17(25)10-21(20)31-12-22-28-18-5-4-15(24)9-19(18)29-22;;1-2;/h2-6,8-11H,7,12H2,1H3,(H-,26,27,28,29);1H4;1H;/q-1;;;. The number of hydrogen-bond acceptors (Lipinski definition) is 5. The molecule has 3 heterocycles. The van der Waals surface area contributed by atoms with Crippen molar-refractivity contribution in [2.75, 3.05) is 7.11 Å². The average molecular weight is 564 g/mol. The van der Waals surface area contributed by atoms with E-state index in [9.17, 15) is 4.39 Å². The van der Waals surface area contributed by atoms with Crippen molar-refractivity contribution in [2.24, 2.45) is 0 Å². The smallest absolute Gasteiger partial charge is 0.164 e. The van der Waals surface area contributed by atoms with Crippen molar-refractivity contribution in [1.82, 2.24) is 19.9 Å². The number of aromatic nitrogens is 4. The molecule has 11 heteroatoms. The zero-order valence-corrected chi connectivity index (χ0v) is 22.1. The Morgan fingerprint density at radius 1 is 1.14 bits per heavy atom. The molecule has 0 saturated carbocycles. The summed E-state index contributed by atoms with van der Waals surface area (Å²) >= 11 is 9.90. The number of methoxy groups -OCH3 is 1. The fourth-order valence-corrected chi connectivity index (χ4v) is 3.71. The van der Waals surface area contributed by atoms with Crippen LogP contribution in [0, 0.1) is 5.82 Å². The van der Waals surface area contributed by atoms with Gasteiger partial charge in [0.15, 0.2) is 11.5 Å². The van der Waals surface area contributed by atoms with Crippen LogP contribution in [0.2, 0.25) is 5.02 Å². The van der Waals surface area contributed by atoms with Crippen LogP contribution in [0.5, 0.6) is 11.5 Å². The Kier molecular flexibility index (Phi) is 10.8. The number of ether oxygens (including phenoxy) is 2. The average Bonchev–Trinajstić information content (AvgIpc) is 3.44.